The van der Waals surface area contributed by atoms with Gasteiger partial charge in [-0.1, -0.05) is 170 Å². The predicted octanol–water partition coefficient (Wildman–Crippen LogP) is 14.1. The number of benzene rings is 9. The minimum Gasteiger partial charge on any atom is -0.456 e. The molecule has 1 aliphatic carbocycles. The first kappa shape index (κ1) is 31.4. The number of anilines is 3. The van der Waals surface area contributed by atoms with Crippen molar-refractivity contribution in [3.8, 4) is 44.9 Å². The largest absolute Gasteiger partial charge is 0.456 e. The first-order valence-corrected chi connectivity index (χ1v) is 18.9. The molecule has 1 spiro atoms. The summed E-state index contributed by atoms with van der Waals surface area (Å²) in [7, 11) is 0. The lowest BCUT2D eigenvalue weighted by Gasteiger charge is -2.40. The zero-order valence-electron chi connectivity index (χ0n) is 30.1. The van der Waals surface area contributed by atoms with Crippen molar-refractivity contribution in [2.45, 2.75) is 5.41 Å². The number of para-hydroxylation sites is 1. The van der Waals surface area contributed by atoms with Gasteiger partial charge in [-0.2, -0.15) is 0 Å². The van der Waals surface area contributed by atoms with Crippen LogP contribution in [0.3, 0.4) is 0 Å². The van der Waals surface area contributed by atoms with Crippen LogP contribution in [0.15, 0.2) is 212 Å². The van der Waals surface area contributed by atoms with E-state index in [1.165, 1.54) is 55.5 Å². The maximum Gasteiger partial charge on any atom is 0.140 e. The van der Waals surface area contributed by atoms with Crippen molar-refractivity contribution in [2.75, 3.05) is 4.90 Å². The quantitative estimate of drug-likeness (QED) is 0.177. The van der Waals surface area contributed by atoms with Crippen molar-refractivity contribution in [1.29, 1.82) is 0 Å². The van der Waals surface area contributed by atoms with Gasteiger partial charge >= 0.3 is 0 Å². The third kappa shape index (κ3) is 4.82. The maximum atomic E-state index is 6.91. The third-order valence-electron chi connectivity index (χ3n) is 11.5. The average Bonchev–Trinajstić information content (AvgIpc) is 3.55. The van der Waals surface area contributed by atoms with Crippen LogP contribution in [0.25, 0.3) is 44.2 Å². The Balaban J connectivity index is 1.15. The van der Waals surface area contributed by atoms with E-state index in [1.807, 2.05) is 0 Å². The lowest BCUT2D eigenvalue weighted by molar-refractivity contribution is 0.441. The van der Waals surface area contributed by atoms with Crippen molar-refractivity contribution < 1.29 is 4.74 Å². The summed E-state index contributed by atoms with van der Waals surface area (Å²) in [5.41, 5.74) is 14.8. The smallest absolute Gasteiger partial charge is 0.140 e. The van der Waals surface area contributed by atoms with Crippen LogP contribution in [-0.2, 0) is 5.41 Å². The van der Waals surface area contributed by atoms with Crippen LogP contribution in [-0.4, -0.2) is 0 Å². The normalized spacial score (nSPS) is 14.8. The topological polar surface area (TPSA) is 12.5 Å². The van der Waals surface area contributed by atoms with Gasteiger partial charge in [0.05, 0.1) is 5.41 Å². The van der Waals surface area contributed by atoms with Crippen LogP contribution in [0, 0.1) is 0 Å². The van der Waals surface area contributed by atoms with Gasteiger partial charge in [-0.05, 0) is 92.4 Å². The molecule has 1 heterocycles. The second kappa shape index (κ2) is 12.5. The minimum absolute atomic E-state index is 0.587. The van der Waals surface area contributed by atoms with Crippen LogP contribution in [0.2, 0.25) is 0 Å². The summed E-state index contributed by atoms with van der Waals surface area (Å²) in [6.07, 6.45) is 0. The molecular formula is C53H35NO. The van der Waals surface area contributed by atoms with Crippen LogP contribution >= 0.6 is 0 Å². The van der Waals surface area contributed by atoms with E-state index in [4.69, 9.17) is 4.74 Å². The van der Waals surface area contributed by atoms with Crippen molar-refractivity contribution >= 4 is 27.8 Å². The molecule has 9 aromatic rings. The molecule has 11 rings (SSSR count). The fourth-order valence-electron chi connectivity index (χ4n) is 9.07. The molecule has 0 fully saturated rings. The van der Waals surface area contributed by atoms with Crippen LogP contribution in [0.1, 0.15) is 22.3 Å². The van der Waals surface area contributed by atoms with Gasteiger partial charge in [0.25, 0.3) is 0 Å². The second-order valence-corrected chi connectivity index (χ2v) is 14.4. The van der Waals surface area contributed by atoms with Crippen molar-refractivity contribution in [2.24, 2.45) is 0 Å². The molecular weight excluding hydrogens is 667 g/mol. The van der Waals surface area contributed by atoms with Gasteiger partial charge in [-0.15, -0.1) is 0 Å². The van der Waals surface area contributed by atoms with E-state index in [9.17, 15) is 0 Å². The standard InChI is InChI=1S/C53H35NO/c1-3-13-36(14-4-1)38-23-28-41(29-24-38)54(42-30-25-39(26-31-42)37-15-5-2-6-16-37)43-32-33-46-45-19-9-10-20-47(45)53(50(46)35-43)48-21-11-12-22-51(48)55-52-44-18-8-7-17-40(44)27-34-49(52)53/h1-35H. The van der Waals surface area contributed by atoms with Crippen LogP contribution in [0.4, 0.5) is 17.1 Å². The first-order valence-electron chi connectivity index (χ1n) is 18.9. The number of ether oxygens (including phenoxy) is 1. The molecule has 0 saturated heterocycles. The molecule has 0 amide bonds. The van der Waals surface area contributed by atoms with Crippen molar-refractivity contribution in [3.05, 3.63) is 235 Å². The van der Waals surface area contributed by atoms with Crippen LogP contribution in [0.5, 0.6) is 11.5 Å². The Morgan fingerprint density at radius 2 is 0.873 bits per heavy atom. The van der Waals surface area contributed by atoms with E-state index in [2.05, 4.69) is 217 Å². The Hall–Kier alpha value is -7.16. The highest BCUT2D eigenvalue weighted by Crippen LogP contribution is 2.63. The molecule has 0 bridgehead atoms. The SMILES string of the molecule is c1ccc(-c2ccc(N(c3ccc(-c4ccccc4)cc3)c3ccc4c(c3)C3(c5ccccc5Oc5c3ccc3ccccc53)c3ccccc3-4)cc2)cc1. The lowest BCUT2D eigenvalue weighted by atomic mass is 9.65. The number of hydrogen-bond acceptors (Lipinski definition) is 2. The predicted molar refractivity (Wildman–Crippen MR) is 227 cm³/mol. The maximum absolute atomic E-state index is 6.91. The van der Waals surface area contributed by atoms with Gasteiger partial charge < -0.3 is 9.64 Å². The summed E-state index contributed by atoms with van der Waals surface area (Å²) in [6.45, 7) is 0. The highest BCUT2D eigenvalue weighted by atomic mass is 16.5. The molecule has 2 heteroatoms. The Bertz CT molecular complexity index is 2800. The summed E-state index contributed by atoms with van der Waals surface area (Å²) in [5.74, 6) is 1.82. The van der Waals surface area contributed by atoms with E-state index < -0.39 is 5.41 Å². The van der Waals surface area contributed by atoms with Gasteiger partial charge in [-0.3, -0.25) is 0 Å². The molecule has 1 unspecified atom stereocenters. The van der Waals surface area contributed by atoms with Gasteiger partial charge in [0.1, 0.15) is 11.5 Å². The summed E-state index contributed by atoms with van der Waals surface area (Å²) < 4.78 is 6.91. The van der Waals surface area contributed by atoms with E-state index in [1.54, 1.807) is 0 Å². The number of fused-ring (bicyclic) bond motifs is 11. The van der Waals surface area contributed by atoms with Gasteiger partial charge in [0.2, 0.25) is 0 Å². The number of hydrogen-bond donors (Lipinski definition) is 0. The Morgan fingerprint density at radius 3 is 1.56 bits per heavy atom. The molecule has 2 nitrogen and oxygen atoms in total. The molecule has 1 atom stereocenters. The average molecular weight is 702 g/mol. The third-order valence-corrected chi connectivity index (χ3v) is 11.5. The summed E-state index contributed by atoms with van der Waals surface area (Å²) in [5, 5.41) is 2.29. The zero-order chi connectivity index (χ0) is 36.3. The lowest BCUT2D eigenvalue weighted by Crippen LogP contribution is -2.32. The van der Waals surface area contributed by atoms with E-state index in [0.717, 1.165) is 39.5 Å². The molecule has 0 saturated carbocycles. The van der Waals surface area contributed by atoms with E-state index in [0.29, 0.717) is 0 Å². The molecule has 0 radical (unpaired) electrons. The van der Waals surface area contributed by atoms with E-state index >= 15 is 0 Å². The summed E-state index contributed by atoms with van der Waals surface area (Å²) in [6, 6.07) is 76.8. The highest BCUT2D eigenvalue weighted by Gasteiger charge is 2.51. The van der Waals surface area contributed by atoms with Crippen molar-refractivity contribution in [3.63, 3.8) is 0 Å². The molecule has 9 aromatic carbocycles. The zero-order valence-corrected chi connectivity index (χ0v) is 30.1. The molecule has 1 aliphatic heterocycles. The fraction of sp³-hybridized carbons (Fsp3) is 0.0189. The van der Waals surface area contributed by atoms with Gasteiger partial charge in [-0.25, -0.2) is 0 Å². The highest BCUT2D eigenvalue weighted by molar-refractivity contribution is 5.96. The Kier molecular flexibility index (Phi) is 7.11. The van der Waals surface area contributed by atoms with Gasteiger partial charge in [0, 0.05) is 33.6 Å². The Labute approximate surface area is 321 Å². The monoisotopic (exact) mass is 701 g/mol. The fourth-order valence-corrected chi connectivity index (χ4v) is 9.07. The van der Waals surface area contributed by atoms with Crippen LogP contribution < -0.4 is 9.64 Å². The Morgan fingerprint density at radius 1 is 0.345 bits per heavy atom. The minimum atomic E-state index is -0.587. The molecule has 55 heavy (non-hydrogen) atoms. The number of rotatable bonds is 5. The number of nitrogens with zero attached hydrogens (tertiary/aromatic N) is 1. The molecule has 0 N–H and O–H groups in total. The van der Waals surface area contributed by atoms with E-state index in [-0.39, 0.29) is 0 Å². The summed E-state index contributed by atoms with van der Waals surface area (Å²) >= 11 is 0. The molecule has 2 aliphatic rings. The molecule has 258 valence electrons. The van der Waals surface area contributed by atoms with Crippen molar-refractivity contribution in [1.82, 2.24) is 0 Å². The summed E-state index contributed by atoms with van der Waals surface area (Å²) in [4.78, 5) is 2.40. The first-order chi connectivity index (χ1) is 27.3. The van der Waals surface area contributed by atoms with Gasteiger partial charge in [0.15, 0.2) is 0 Å². The molecule has 0 aromatic heterocycles. The second-order valence-electron chi connectivity index (χ2n) is 14.4.